The molecule has 1 saturated heterocycles. The van der Waals surface area contributed by atoms with Crippen LogP contribution >= 0.6 is 11.3 Å². The van der Waals surface area contributed by atoms with Crippen LogP contribution in [0.1, 0.15) is 20.9 Å². The average Bonchev–Trinajstić information content (AvgIpc) is 3.21. The Morgan fingerprint density at radius 3 is 2.79 bits per heavy atom. The third-order valence-corrected chi connectivity index (χ3v) is 4.75. The van der Waals surface area contributed by atoms with E-state index in [0.29, 0.717) is 0 Å². The summed E-state index contributed by atoms with van der Waals surface area (Å²) in [5.41, 5.74) is 1.07. The highest BCUT2D eigenvalue weighted by atomic mass is 32.1. The molecule has 2 amide bonds. The van der Waals surface area contributed by atoms with Crippen LogP contribution in [0.4, 0.5) is 23.1 Å². The van der Waals surface area contributed by atoms with E-state index >= 15 is 0 Å². The molecule has 3 rings (SSSR count). The molecule has 2 heterocycles. The zero-order valence-electron chi connectivity index (χ0n) is 14.4. The number of ether oxygens (including phenoxy) is 1. The number of hydrogen-bond acceptors (Lipinski definition) is 6. The van der Waals surface area contributed by atoms with E-state index in [0.717, 1.165) is 10.5 Å². The molecule has 146 valence electrons. The molecular formula is C17H13F3N4O3S. The number of aryl methyl sites for hydroxylation is 1. The molecule has 0 bridgehead atoms. The van der Waals surface area contributed by atoms with Gasteiger partial charge in [-0.25, -0.2) is 14.5 Å². The van der Waals surface area contributed by atoms with Gasteiger partial charge in [-0.05, 0) is 19.1 Å². The minimum Gasteiger partial charge on any atom is -0.435 e. The number of halogens is 3. The Labute approximate surface area is 161 Å². The lowest BCUT2D eigenvalue weighted by Crippen LogP contribution is -2.37. The van der Waals surface area contributed by atoms with Crippen LogP contribution in [0.25, 0.3) is 0 Å². The molecule has 0 saturated carbocycles. The summed E-state index contributed by atoms with van der Waals surface area (Å²) in [5.74, 6) is 1.55. The number of benzene rings is 1. The Morgan fingerprint density at radius 1 is 1.43 bits per heavy atom. The van der Waals surface area contributed by atoms with Crippen molar-refractivity contribution in [2.24, 2.45) is 0 Å². The quantitative estimate of drug-likeness (QED) is 0.572. The number of rotatable bonds is 4. The van der Waals surface area contributed by atoms with Gasteiger partial charge < -0.3 is 9.64 Å². The minimum atomic E-state index is -4.70. The van der Waals surface area contributed by atoms with Crippen LogP contribution in [0.15, 0.2) is 24.3 Å². The van der Waals surface area contributed by atoms with E-state index < -0.39 is 29.4 Å². The van der Waals surface area contributed by atoms with Crippen LogP contribution in [0.2, 0.25) is 0 Å². The molecule has 7 nitrogen and oxygen atoms in total. The van der Waals surface area contributed by atoms with Crippen molar-refractivity contribution < 1.29 is 27.5 Å². The second-order valence-electron chi connectivity index (χ2n) is 5.85. The molecule has 11 heteroatoms. The molecule has 1 unspecified atom stereocenters. The van der Waals surface area contributed by atoms with Gasteiger partial charge in [0.15, 0.2) is 0 Å². The highest BCUT2D eigenvalue weighted by molar-refractivity contribution is 7.15. The Kier molecular flexibility index (Phi) is 5.24. The fraction of sp³-hybridized carbons (Fsp3) is 0.294. The van der Waals surface area contributed by atoms with Gasteiger partial charge in [0.05, 0.1) is 18.7 Å². The highest BCUT2D eigenvalue weighted by Crippen LogP contribution is 2.36. The number of hydrogen-bond donors (Lipinski definition) is 0. The predicted molar refractivity (Wildman–Crippen MR) is 93.6 cm³/mol. The number of aromatic nitrogens is 2. The smallest absolute Gasteiger partial charge is 0.435 e. The van der Waals surface area contributed by atoms with E-state index in [2.05, 4.69) is 16.1 Å². The van der Waals surface area contributed by atoms with Gasteiger partial charge >= 0.3 is 18.2 Å². The summed E-state index contributed by atoms with van der Waals surface area (Å²) in [6.45, 7) is 1.58. The molecule has 0 aliphatic carbocycles. The molecule has 1 aliphatic rings. The molecule has 1 aromatic heterocycles. The molecule has 1 fully saturated rings. The van der Waals surface area contributed by atoms with Gasteiger partial charge in [0.2, 0.25) is 16.4 Å². The van der Waals surface area contributed by atoms with Gasteiger partial charge in [0.1, 0.15) is 0 Å². The summed E-state index contributed by atoms with van der Waals surface area (Å²) in [6.07, 6.45) is -0.669. The first-order valence-corrected chi connectivity index (χ1v) is 8.72. The van der Waals surface area contributed by atoms with Crippen LogP contribution in [-0.4, -0.2) is 46.4 Å². The van der Waals surface area contributed by atoms with E-state index in [1.807, 2.05) is 0 Å². The van der Waals surface area contributed by atoms with Crippen molar-refractivity contribution in [3.63, 3.8) is 0 Å². The number of anilines is 1. The van der Waals surface area contributed by atoms with Crippen LogP contribution < -0.4 is 4.90 Å². The van der Waals surface area contributed by atoms with Gasteiger partial charge in [0, 0.05) is 0 Å². The zero-order chi connectivity index (χ0) is 20.5. The van der Waals surface area contributed by atoms with Gasteiger partial charge in [-0.15, -0.1) is 16.6 Å². The third-order valence-electron chi connectivity index (χ3n) is 3.78. The molecule has 1 aromatic carbocycles. The number of carbonyl (C=O) groups is 2. The Hall–Kier alpha value is -3.13. The van der Waals surface area contributed by atoms with Crippen LogP contribution in [0, 0.1) is 19.3 Å². The summed E-state index contributed by atoms with van der Waals surface area (Å²) in [6, 6.07) is 5.85. The monoisotopic (exact) mass is 410 g/mol. The first-order valence-electron chi connectivity index (χ1n) is 7.90. The van der Waals surface area contributed by atoms with Crippen molar-refractivity contribution in [1.29, 1.82) is 0 Å². The number of alkyl halides is 3. The molecule has 0 N–H and O–H groups in total. The molecular weight excluding hydrogens is 397 g/mol. The summed E-state index contributed by atoms with van der Waals surface area (Å²) >= 11 is 0.178. The Balaban J connectivity index is 1.88. The molecule has 28 heavy (non-hydrogen) atoms. The van der Waals surface area contributed by atoms with Crippen LogP contribution in [0.5, 0.6) is 0 Å². The maximum absolute atomic E-state index is 12.8. The molecule has 2 aromatic rings. The number of amides is 2. The van der Waals surface area contributed by atoms with E-state index in [1.54, 1.807) is 25.1 Å². The number of urea groups is 1. The summed E-state index contributed by atoms with van der Waals surface area (Å²) in [7, 11) is 0. The zero-order valence-corrected chi connectivity index (χ0v) is 15.3. The Bertz CT molecular complexity index is 954. The first-order chi connectivity index (χ1) is 13.2. The normalized spacial score (nSPS) is 17.0. The van der Waals surface area contributed by atoms with E-state index in [-0.39, 0.29) is 35.1 Å². The predicted octanol–water partition coefficient (Wildman–Crippen LogP) is 2.92. The SMILES string of the molecule is C#CCN1CC(OC(=O)c2cccc(C)c2)N(c2nnc(C(F)(F)F)s2)C1=O. The summed E-state index contributed by atoms with van der Waals surface area (Å²) < 4.78 is 43.9. The molecule has 1 atom stereocenters. The molecule has 1 aliphatic heterocycles. The van der Waals surface area contributed by atoms with Crippen LogP contribution in [-0.2, 0) is 10.9 Å². The lowest BCUT2D eigenvalue weighted by molar-refractivity contribution is -0.138. The fourth-order valence-corrected chi connectivity index (χ4v) is 3.30. The maximum atomic E-state index is 12.8. The molecule has 0 radical (unpaired) electrons. The van der Waals surface area contributed by atoms with Gasteiger partial charge in [-0.3, -0.25) is 0 Å². The van der Waals surface area contributed by atoms with Crippen molar-refractivity contribution in [3.05, 3.63) is 40.4 Å². The summed E-state index contributed by atoms with van der Waals surface area (Å²) in [4.78, 5) is 27.0. The van der Waals surface area contributed by atoms with Gasteiger partial charge in [-0.1, -0.05) is 35.0 Å². The van der Waals surface area contributed by atoms with Crippen molar-refractivity contribution >= 4 is 28.5 Å². The van der Waals surface area contributed by atoms with E-state index in [4.69, 9.17) is 11.2 Å². The summed E-state index contributed by atoms with van der Waals surface area (Å²) in [5, 5.41) is 4.96. The lowest BCUT2D eigenvalue weighted by Gasteiger charge is -2.19. The highest BCUT2D eigenvalue weighted by Gasteiger charge is 2.44. The number of terminal acetylenes is 1. The topological polar surface area (TPSA) is 75.6 Å². The number of esters is 1. The van der Waals surface area contributed by atoms with Gasteiger partial charge in [-0.2, -0.15) is 13.2 Å². The van der Waals surface area contributed by atoms with Crippen molar-refractivity contribution in [2.75, 3.05) is 18.0 Å². The van der Waals surface area contributed by atoms with Crippen molar-refractivity contribution in [3.8, 4) is 12.3 Å². The van der Waals surface area contributed by atoms with E-state index in [1.165, 1.54) is 11.0 Å². The second kappa shape index (κ2) is 7.47. The first kappa shape index (κ1) is 19.6. The number of nitrogens with zero attached hydrogens (tertiary/aromatic N) is 4. The number of carbonyl (C=O) groups excluding carboxylic acids is 2. The average molecular weight is 410 g/mol. The lowest BCUT2D eigenvalue weighted by atomic mass is 10.1. The third kappa shape index (κ3) is 3.91. The van der Waals surface area contributed by atoms with Crippen molar-refractivity contribution in [1.82, 2.24) is 15.1 Å². The second-order valence-corrected chi connectivity index (χ2v) is 6.81. The van der Waals surface area contributed by atoms with E-state index in [9.17, 15) is 22.8 Å². The molecule has 0 spiro atoms. The Morgan fingerprint density at radius 2 is 2.18 bits per heavy atom. The van der Waals surface area contributed by atoms with Crippen molar-refractivity contribution in [2.45, 2.75) is 19.3 Å². The largest absolute Gasteiger partial charge is 0.445 e. The standard InChI is InChI=1S/C17H13F3N4O3S/c1-3-7-23-9-12(27-13(25)11-6-4-5-10(2)8-11)24(16(23)26)15-22-21-14(28-15)17(18,19)20/h1,4-6,8,12H,7,9H2,2H3. The van der Waals surface area contributed by atoms with Gasteiger partial charge in [0.25, 0.3) is 0 Å². The minimum absolute atomic E-state index is 0.0985. The maximum Gasteiger partial charge on any atom is 0.445 e. The fourth-order valence-electron chi connectivity index (χ4n) is 2.55. The van der Waals surface area contributed by atoms with Crippen LogP contribution in [0.3, 0.4) is 0 Å².